The van der Waals surface area contributed by atoms with Gasteiger partial charge in [-0.2, -0.15) is 24.4 Å². The van der Waals surface area contributed by atoms with Gasteiger partial charge >= 0.3 is 0 Å². The second-order valence-corrected chi connectivity index (χ2v) is 7.23. The van der Waals surface area contributed by atoms with Crippen molar-refractivity contribution < 1.29 is 0 Å². The lowest BCUT2D eigenvalue weighted by Gasteiger charge is -2.38. The Hall–Kier alpha value is 0.660. The van der Waals surface area contributed by atoms with E-state index in [1.807, 2.05) is 11.8 Å². The number of hydrogen-bond acceptors (Lipinski definition) is 3. The van der Waals surface area contributed by atoms with E-state index in [4.69, 9.17) is 0 Å². The highest BCUT2D eigenvalue weighted by Gasteiger charge is 2.32. The average molecular weight is 290 g/mol. The molecule has 0 N–H and O–H groups in total. The summed E-state index contributed by atoms with van der Waals surface area (Å²) in [5, 5.41) is 0. The summed E-state index contributed by atoms with van der Waals surface area (Å²) in [6, 6.07) is 0.736. The third-order valence-electron chi connectivity index (χ3n) is 4.54. The van der Waals surface area contributed by atoms with Crippen LogP contribution in [-0.2, 0) is 0 Å². The fourth-order valence-corrected chi connectivity index (χ4v) is 4.54. The quantitative estimate of drug-likeness (QED) is 0.549. The SMILES string of the molecule is CCC(CSC)N(C)CC1(CS)CCCCCC1. The van der Waals surface area contributed by atoms with E-state index in [0.717, 1.165) is 11.8 Å². The molecule has 0 heterocycles. The van der Waals surface area contributed by atoms with Crippen LogP contribution in [0.3, 0.4) is 0 Å². The monoisotopic (exact) mass is 289 g/mol. The molecule has 1 aliphatic carbocycles. The summed E-state index contributed by atoms with van der Waals surface area (Å²) in [6.45, 7) is 3.56. The van der Waals surface area contributed by atoms with Crippen molar-refractivity contribution in [1.29, 1.82) is 0 Å². The minimum absolute atomic E-state index is 0.486. The van der Waals surface area contributed by atoms with E-state index in [-0.39, 0.29) is 0 Å². The van der Waals surface area contributed by atoms with Crippen LogP contribution in [0.2, 0.25) is 0 Å². The van der Waals surface area contributed by atoms with E-state index in [0.29, 0.717) is 5.41 Å². The van der Waals surface area contributed by atoms with Crippen molar-refractivity contribution in [3.63, 3.8) is 0 Å². The Kier molecular flexibility index (Phi) is 8.13. The summed E-state index contributed by atoms with van der Waals surface area (Å²) in [5.41, 5.74) is 0.486. The van der Waals surface area contributed by atoms with E-state index in [9.17, 15) is 0 Å². The fraction of sp³-hybridized carbons (Fsp3) is 1.00. The van der Waals surface area contributed by atoms with Gasteiger partial charge in [-0.15, -0.1) is 0 Å². The van der Waals surface area contributed by atoms with E-state index >= 15 is 0 Å². The van der Waals surface area contributed by atoms with Gasteiger partial charge in [0.05, 0.1) is 0 Å². The lowest BCUT2D eigenvalue weighted by Crippen LogP contribution is -2.43. The van der Waals surface area contributed by atoms with E-state index in [1.54, 1.807) is 0 Å². The molecule has 18 heavy (non-hydrogen) atoms. The molecule has 0 aromatic rings. The molecule has 1 fully saturated rings. The first-order valence-corrected chi connectivity index (χ1v) is 9.50. The Balaban J connectivity index is 2.59. The van der Waals surface area contributed by atoms with Crippen LogP contribution in [0.15, 0.2) is 0 Å². The van der Waals surface area contributed by atoms with Gasteiger partial charge in [-0.3, -0.25) is 0 Å². The molecular formula is C15H31NS2. The Morgan fingerprint density at radius 1 is 1.22 bits per heavy atom. The molecule has 0 aromatic carbocycles. The van der Waals surface area contributed by atoms with Gasteiger partial charge in [0.2, 0.25) is 0 Å². The Labute approximate surface area is 124 Å². The molecule has 0 aliphatic heterocycles. The molecule has 0 saturated heterocycles. The highest BCUT2D eigenvalue weighted by atomic mass is 32.2. The van der Waals surface area contributed by atoms with Crippen LogP contribution >= 0.6 is 24.4 Å². The Morgan fingerprint density at radius 2 is 1.83 bits per heavy atom. The van der Waals surface area contributed by atoms with Crippen LogP contribution in [0.4, 0.5) is 0 Å². The number of nitrogens with zero attached hydrogens (tertiary/aromatic N) is 1. The molecule has 0 bridgehead atoms. The summed E-state index contributed by atoms with van der Waals surface area (Å²) in [6.07, 6.45) is 11.9. The van der Waals surface area contributed by atoms with Crippen molar-refractivity contribution in [2.45, 2.75) is 57.9 Å². The van der Waals surface area contributed by atoms with Gasteiger partial charge in [-0.1, -0.05) is 32.6 Å². The van der Waals surface area contributed by atoms with Crippen LogP contribution in [0.5, 0.6) is 0 Å². The maximum atomic E-state index is 4.69. The Morgan fingerprint density at radius 3 is 2.28 bits per heavy atom. The van der Waals surface area contributed by atoms with Gasteiger partial charge in [-0.05, 0) is 43.7 Å². The van der Waals surface area contributed by atoms with Gasteiger partial charge in [-0.25, -0.2) is 0 Å². The minimum atomic E-state index is 0.486. The first-order chi connectivity index (χ1) is 8.67. The molecule has 1 unspecified atom stereocenters. The lowest BCUT2D eigenvalue weighted by atomic mass is 9.81. The maximum Gasteiger partial charge on any atom is 0.0180 e. The van der Waals surface area contributed by atoms with Crippen molar-refractivity contribution in [2.75, 3.05) is 31.4 Å². The van der Waals surface area contributed by atoms with Crippen LogP contribution in [0, 0.1) is 5.41 Å². The van der Waals surface area contributed by atoms with Crippen LogP contribution in [0.25, 0.3) is 0 Å². The minimum Gasteiger partial charge on any atom is -0.302 e. The van der Waals surface area contributed by atoms with Crippen molar-refractivity contribution >= 4 is 24.4 Å². The third kappa shape index (κ3) is 4.97. The van der Waals surface area contributed by atoms with Crippen LogP contribution in [0.1, 0.15) is 51.9 Å². The fourth-order valence-electron chi connectivity index (χ4n) is 3.25. The zero-order chi connectivity index (χ0) is 13.4. The molecular weight excluding hydrogens is 258 g/mol. The van der Waals surface area contributed by atoms with Gasteiger partial charge in [0.25, 0.3) is 0 Å². The molecule has 1 saturated carbocycles. The van der Waals surface area contributed by atoms with E-state index in [1.165, 1.54) is 57.2 Å². The van der Waals surface area contributed by atoms with Crippen molar-refractivity contribution in [3.05, 3.63) is 0 Å². The molecule has 3 heteroatoms. The average Bonchev–Trinajstić information content (AvgIpc) is 2.62. The van der Waals surface area contributed by atoms with Crippen molar-refractivity contribution in [3.8, 4) is 0 Å². The molecule has 0 aromatic heterocycles. The summed E-state index contributed by atoms with van der Waals surface area (Å²) < 4.78 is 0. The number of thiol groups is 1. The largest absolute Gasteiger partial charge is 0.302 e. The maximum absolute atomic E-state index is 4.69. The molecule has 108 valence electrons. The number of rotatable bonds is 7. The number of hydrogen-bond donors (Lipinski definition) is 1. The predicted octanol–water partition coefficient (Wildman–Crippen LogP) is 4.33. The highest BCUT2D eigenvalue weighted by molar-refractivity contribution is 7.98. The van der Waals surface area contributed by atoms with Crippen LogP contribution < -0.4 is 0 Å². The second-order valence-electron chi connectivity index (χ2n) is 6.00. The predicted molar refractivity (Wildman–Crippen MR) is 89.1 cm³/mol. The molecule has 0 radical (unpaired) electrons. The summed E-state index contributed by atoms with van der Waals surface area (Å²) >= 11 is 6.66. The smallest absolute Gasteiger partial charge is 0.0180 e. The second kappa shape index (κ2) is 8.76. The van der Waals surface area contributed by atoms with Gasteiger partial charge in [0, 0.05) is 18.3 Å². The van der Waals surface area contributed by atoms with Crippen molar-refractivity contribution in [1.82, 2.24) is 4.90 Å². The summed E-state index contributed by atoms with van der Waals surface area (Å²) in [4.78, 5) is 2.61. The first kappa shape index (κ1) is 16.7. The summed E-state index contributed by atoms with van der Waals surface area (Å²) in [7, 11) is 2.32. The van der Waals surface area contributed by atoms with E-state index < -0.39 is 0 Å². The topological polar surface area (TPSA) is 3.24 Å². The normalized spacial score (nSPS) is 21.8. The molecule has 1 nitrogen and oxygen atoms in total. The zero-order valence-electron chi connectivity index (χ0n) is 12.5. The van der Waals surface area contributed by atoms with Crippen molar-refractivity contribution in [2.24, 2.45) is 5.41 Å². The summed E-state index contributed by atoms with van der Waals surface area (Å²) in [5.74, 6) is 2.32. The number of thioether (sulfide) groups is 1. The molecule has 0 spiro atoms. The van der Waals surface area contributed by atoms with E-state index in [2.05, 4.69) is 37.8 Å². The lowest BCUT2D eigenvalue weighted by molar-refractivity contribution is 0.142. The first-order valence-electron chi connectivity index (χ1n) is 7.47. The molecule has 1 aliphatic rings. The molecule has 1 rings (SSSR count). The Bertz CT molecular complexity index is 213. The standard InChI is InChI=1S/C15H31NS2/c1-4-14(11-18-3)16(2)12-15(13-17)9-7-5-6-8-10-15/h14,17H,4-13H2,1-3H3. The van der Waals surface area contributed by atoms with Crippen LogP contribution in [-0.4, -0.2) is 42.3 Å². The van der Waals surface area contributed by atoms with Gasteiger partial charge < -0.3 is 4.90 Å². The third-order valence-corrected chi connectivity index (χ3v) is 5.93. The highest BCUT2D eigenvalue weighted by Crippen LogP contribution is 2.37. The molecule has 0 amide bonds. The van der Waals surface area contributed by atoms with Gasteiger partial charge in [0.1, 0.15) is 0 Å². The van der Waals surface area contributed by atoms with Gasteiger partial charge in [0.15, 0.2) is 0 Å². The zero-order valence-corrected chi connectivity index (χ0v) is 14.2. The molecule has 1 atom stereocenters.